The predicted octanol–water partition coefficient (Wildman–Crippen LogP) is 7.01. The molecule has 1 aromatic heterocycles. The summed E-state index contributed by atoms with van der Waals surface area (Å²) in [6.07, 6.45) is 1.78. The van der Waals surface area contributed by atoms with Crippen LogP contribution in [-0.2, 0) is 0 Å². The molecule has 1 aliphatic heterocycles. The first kappa shape index (κ1) is 20.1. The molecule has 2 heterocycles. The van der Waals surface area contributed by atoms with Gasteiger partial charge in [-0.1, -0.05) is 84.9 Å². The van der Waals surface area contributed by atoms with Crippen LogP contribution in [-0.4, -0.2) is 12.2 Å². The number of hydrogen-bond acceptors (Lipinski definition) is 4. The average Bonchev–Trinajstić information content (AvgIpc) is 2.96. The second kappa shape index (κ2) is 8.79. The summed E-state index contributed by atoms with van der Waals surface area (Å²) < 4.78 is 13.3. The van der Waals surface area contributed by atoms with E-state index >= 15 is 0 Å². The number of pyridine rings is 1. The van der Waals surface area contributed by atoms with Gasteiger partial charge >= 0.3 is 7.25 Å². The van der Waals surface area contributed by atoms with E-state index in [0.717, 1.165) is 45.3 Å². The van der Waals surface area contributed by atoms with Crippen molar-refractivity contribution in [3.05, 3.63) is 128 Å². The topological polar surface area (TPSA) is 34.6 Å². The van der Waals surface area contributed by atoms with Gasteiger partial charge in [0.2, 0.25) is 0 Å². The van der Waals surface area contributed by atoms with Gasteiger partial charge in [-0.05, 0) is 47.5 Å². The van der Waals surface area contributed by atoms with Gasteiger partial charge in [-0.3, -0.25) is 4.81 Å². The first-order chi connectivity index (χ1) is 16.9. The summed E-state index contributed by atoms with van der Waals surface area (Å²) in [7, 11) is -0.797. The standard InChI is InChI=1S/C29H21BN2O2/c1-2-12-22(13-3-1)32(29-20-10-11-21-31-29)30-33-27-18-8-6-16-25(27)23-14-4-5-15-24(23)26-17-7-9-19-28(26)34-30/h1-21H. The van der Waals surface area contributed by atoms with Crippen molar-refractivity contribution in [1.29, 1.82) is 0 Å². The van der Waals surface area contributed by atoms with Gasteiger partial charge in [0.15, 0.2) is 0 Å². The molecule has 0 saturated heterocycles. The van der Waals surface area contributed by atoms with E-state index in [0.29, 0.717) is 0 Å². The number of fused-ring (bicyclic) bond motifs is 5. The van der Waals surface area contributed by atoms with Crippen LogP contribution in [0.1, 0.15) is 0 Å². The zero-order chi connectivity index (χ0) is 22.7. The Morgan fingerprint density at radius 3 is 1.56 bits per heavy atom. The molecule has 5 heteroatoms. The van der Waals surface area contributed by atoms with Crippen molar-refractivity contribution in [1.82, 2.24) is 4.98 Å². The first-order valence-corrected chi connectivity index (χ1v) is 11.2. The van der Waals surface area contributed by atoms with Crippen LogP contribution in [0.3, 0.4) is 0 Å². The van der Waals surface area contributed by atoms with Gasteiger partial charge in [-0.2, -0.15) is 0 Å². The SMILES string of the molecule is c1ccc(N(B2Oc3ccccc3-c3ccccc3-c3ccccc3O2)c2ccccn2)cc1. The molecule has 0 N–H and O–H groups in total. The summed E-state index contributed by atoms with van der Waals surface area (Å²) >= 11 is 0. The molecule has 0 unspecified atom stereocenters. The molecule has 1 aliphatic rings. The lowest BCUT2D eigenvalue weighted by Gasteiger charge is -2.29. The van der Waals surface area contributed by atoms with Crippen molar-refractivity contribution in [2.45, 2.75) is 0 Å². The molecule has 0 aliphatic carbocycles. The molecule has 4 aromatic carbocycles. The molecule has 0 bridgehead atoms. The first-order valence-electron chi connectivity index (χ1n) is 11.2. The number of anilines is 2. The Kier molecular flexibility index (Phi) is 5.21. The smallest absolute Gasteiger partial charge is 0.506 e. The third-order valence-corrected chi connectivity index (χ3v) is 5.88. The van der Waals surface area contributed by atoms with Gasteiger partial charge in [0.25, 0.3) is 0 Å². The minimum absolute atomic E-state index is 0.727. The molecule has 0 atom stereocenters. The third-order valence-electron chi connectivity index (χ3n) is 5.88. The summed E-state index contributed by atoms with van der Waals surface area (Å²) in [5.74, 6) is 2.21. The second-order valence-electron chi connectivity index (χ2n) is 7.97. The van der Waals surface area contributed by atoms with Gasteiger partial charge in [0, 0.05) is 23.0 Å². The second-order valence-corrected chi connectivity index (χ2v) is 7.97. The zero-order valence-corrected chi connectivity index (χ0v) is 18.4. The van der Waals surface area contributed by atoms with Crippen LogP contribution in [0, 0.1) is 0 Å². The Bertz CT molecular complexity index is 1320. The van der Waals surface area contributed by atoms with Gasteiger partial charge in [0.1, 0.15) is 17.3 Å². The van der Waals surface area contributed by atoms with Crippen molar-refractivity contribution in [3.63, 3.8) is 0 Å². The summed E-state index contributed by atoms with van der Waals surface area (Å²) in [6.45, 7) is 0. The molecule has 0 spiro atoms. The largest absolute Gasteiger partial charge is 0.744 e. The average molecular weight is 440 g/mol. The third kappa shape index (κ3) is 3.67. The lowest BCUT2D eigenvalue weighted by Crippen LogP contribution is -2.47. The molecule has 34 heavy (non-hydrogen) atoms. The fourth-order valence-electron chi connectivity index (χ4n) is 4.33. The van der Waals surface area contributed by atoms with E-state index in [9.17, 15) is 0 Å². The van der Waals surface area contributed by atoms with E-state index in [2.05, 4.69) is 41.4 Å². The van der Waals surface area contributed by atoms with E-state index in [-0.39, 0.29) is 0 Å². The Labute approximate surface area is 199 Å². The molecule has 0 radical (unpaired) electrons. The van der Waals surface area contributed by atoms with Gasteiger partial charge in [-0.25, -0.2) is 4.98 Å². The van der Waals surface area contributed by atoms with Crippen molar-refractivity contribution in [2.24, 2.45) is 0 Å². The van der Waals surface area contributed by atoms with Gasteiger partial charge in [-0.15, -0.1) is 0 Å². The van der Waals surface area contributed by atoms with E-state index in [1.165, 1.54) is 0 Å². The minimum Gasteiger partial charge on any atom is -0.506 e. The number of para-hydroxylation sites is 3. The highest BCUT2D eigenvalue weighted by atomic mass is 16.6. The monoisotopic (exact) mass is 440 g/mol. The van der Waals surface area contributed by atoms with Crippen LogP contribution in [0.25, 0.3) is 22.3 Å². The summed E-state index contributed by atoms with van der Waals surface area (Å²) in [6, 6.07) is 40.4. The van der Waals surface area contributed by atoms with E-state index in [4.69, 9.17) is 9.31 Å². The maximum absolute atomic E-state index is 6.67. The molecular weight excluding hydrogens is 419 g/mol. The summed E-state index contributed by atoms with van der Waals surface area (Å²) in [5, 5.41) is 0. The maximum atomic E-state index is 6.67. The van der Waals surface area contributed by atoms with Crippen LogP contribution >= 0.6 is 0 Å². The number of benzene rings is 4. The summed E-state index contributed by atoms with van der Waals surface area (Å²) in [4.78, 5) is 6.60. The van der Waals surface area contributed by atoms with Crippen molar-refractivity contribution in [2.75, 3.05) is 4.81 Å². The lowest BCUT2D eigenvalue weighted by molar-refractivity contribution is 0.424. The number of rotatable bonds is 3. The highest BCUT2D eigenvalue weighted by Gasteiger charge is 2.38. The van der Waals surface area contributed by atoms with E-state index < -0.39 is 7.25 Å². The van der Waals surface area contributed by atoms with Crippen LogP contribution < -0.4 is 14.1 Å². The molecule has 162 valence electrons. The Balaban J connectivity index is 1.59. The number of hydrogen-bond donors (Lipinski definition) is 0. The van der Waals surface area contributed by atoms with Crippen molar-refractivity contribution >= 4 is 18.8 Å². The zero-order valence-electron chi connectivity index (χ0n) is 18.4. The fraction of sp³-hybridized carbons (Fsp3) is 0. The number of nitrogens with zero attached hydrogens (tertiary/aromatic N) is 2. The van der Waals surface area contributed by atoms with Crippen LogP contribution in [0.5, 0.6) is 11.5 Å². The highest BCUT2D eigenvalue weighted by molar-refractivity contribution is 6.53. The predicted molar refractivity (Wildman–Crippen MR) is 137 cm³/mol. The summed E-state index contributed by atoms with van der Waals surface area (Å²) in [5.41, 5.74) is 5.13. The molecule has 0 saturated carbocycles. The van der Waals surface area contributed by atoms with Crippen molar-refractivity contribution < 1.29 is 9.31 Å². The van der Waals surface area contributed by atoms with Gasteiger partial charge < -0.3 is 9.31 Å². The maximum Gasteiger partial charge on any atom is 0.744 e. The lowest BCUT2D eigenvalue weighted by atomic mass is 9.93. The van der Waals surface area contributed by atoms with Crippen LogP contribution in [0.15, 0.2) is 128 Å². The van der Waals surface area contributed by atoms with E-state index in [1.807, 2.05) is 89.7 Å². The Hall–Kier alpha value is -4.51. The van der Waals surface area contributed by atoms with Crippen molar-refractivity contribution in [3.8, 4) is 33.8 Å². The quantitative estimate of drug-likeness (QED) is 0.283. The molecule has 0 fully saturated rings. The fourth-order valence-corrected chi connectivity index (χ4v) is 4.33. The molecule has 5 aromatic rings. The normalized spacial score (nSPS) is 11.9. The number of aromatic nitrogens is 1. The van der Waals surface area contributed by atoms with Crippen LogP contribution in [0.4, 0.5) is 11.5 Å². The molecule has 6 rings (SSSR count). The van der Waals surface area contributed by atoms with Crippen LogP contribution in [0.2, 0.25) is 0 Å². The minimum atomic E-state index is -0.797. The van der Waals surface area contributed by atoms with Gasteiger partial charge in [0.05, 0.1) is 0 Å². The highest BCUT2D eigenvalue weighted by Crippen LogP contribution is 2.43. The van der Waals surface area contributed by atoms with E-state index in [1.54, 1.807) is 6.20 Å². The Morgan fingerprint density at radius 1 is 0.500 bits per heavy atom. The molecular formula is C29H21BN2O2. The molecule has 0 amide bonds. The molecule has 4 nitrogen and oxygen atoms in total. The Morgan fingerprint density at radius 2 is 1.00 bits per heavy atom.